The maximum atomic E-state index is 13.5. The molecule has 0 aromatic carbocycles. The molecule has 39 heavy (non-hydrogen) atoms. The third-order valence-electron chi connectivity index (χ3n) is 6.55. The summed E-state index contributed by atoms with van der Waals surface area (Å²) in [6.07, 6.45) is -5.03. The Morgan fingerprint density at radius 1 is 0.487 bits per heavy atom. The van der Waals surface area contributed by atoms with Crippen molar-refractivity contribution >= 4 is 17.4 Å². The van der Waals surface area contributed by atoms with Gasteiger partial charge in [0.15, 0.2) is 0 Å². The summed E-state index contributed by atoms with van der Waals surface area (Å²) in [6, 6.07) is 2.17. The fourth-order valence-corrected chi connectivity index (χ4v) is 8.53. The number of unbranched alkanes of at least 4 members (excludes halogenated alkanes) is 4. The molecule has 17 heteroatoms. The second-order valence-corrected chi connectivity index (χ2v) is 15.8. The van der Waals surface area contributed by atoms with E-state index in [4.69, 9.17) is 26.9 Å². The highest BCUT2D eigenvalue weighted by Crippen LogP contribution is 2.54. The summed E-state index contributed by atoms with van der Waals surface area (Å²) in [4.78, 5) is 0. The first kappa shape index (κ1) is 38.6. The van der Waals surface area contributed by atoms with Gasteiger partial charge in [-0.3, -0.25) is 0 Å². The van der Waals surface area contributed by atoms with E-state index < -0.39 is 60.8 Å². The fourth-order valence-electron chi connectivity index (χ4n) is 3.92. The van der Waals surface area contributed by atoms with Gasteiger partial charge in [0, 0.05) is 61.2 Å². The van der Waals surface area contributed by atoms with Crippen LogP contribution in [0.25, 0.3) is 0 Å². The van der Waals surface area contributed by atoms with Gasteiger partial charge >= 0.3 is 41.3 Å². The van der Waals surface area contributed by atoms with Gasteiger partial charge in [0.25, 0.3) is 0 Å². The molecule has 0 radical (unpaired) electrons. The predicted octanol–water partition coefficient (Wildman–Crippen LogP) is 7.21. The van der Waals surface area contributed by atoms with E-state index in [-0.39, 0.29) is 6.61 Å². The molecule has 0 aliphatic carbocycles. The van der Waals surface area contributed by atoms with Crippen LogP contribution < -0.4 is 0 Å². The average Bonchev–Trinajstić information content (AvgIpc) is 2.88. The topological polar surface area (TPSA) is 55.4 Å². The number of alkyl halides is 9. The Hall–Kier alpha value is -0.436. The Labute approximate surface area is 226 Å². The van der Waals surface area contributed by atoms with Crippen molar-refractivity contribution in [3.05, 3.63) is 0 Å². The molecule has 6 nitrogen and oxygen atoms in total. The normalized spacial score (nSPS) is 14.3. The first-order chi connectivity index (χ1) is 18.0. The van der Waals surface area contributed by atoms with Gasteiger partial charge in [0.05, 0.1) is 0 Å². The van der Waals surface area contributed by atoms with Crippen molar-refractivity contribution in [2.24, 2.45) is 0 Å². The first-order valence-corrected chi connectivity index (χ1v) is 16.7. The molecule has 0 bridgehead atoms. The summed E-state index contributed by atoms with van der Waals surface area (Å²) in [5, 5.41) is 0. The van der Waals surface area contributed by atoms with Crippen LogP contribution in [0.15, 0.2) is 0 Å². The lowest BCUT2D eigenvalue weighted by Crippen LogP contribution is -2.60. The molecule has 0 aliphatic heterocycles. The average molecular weight is 629 g/mol. The highest BCUT2D eigenvalue weighted by Gasteiger charge is 2.81. The largest absolute Gasteiger partial charge is 0.500 e. The van der Waals surface area contributed by atoms with E-state index in [0.29, 0.717) is 18.9 Å². The van der Waals surface area contributed by atoms with Crippen molar-refractivity contribution in [3.63, 3.8) is 0 Å². The molecule has 0 amide bonds. The molecule has 0 heterocycles. The van der Waals surface area contributed by atoms with Gasteiger partial charge < -0.3 is 26.9 Å². The molecule has 0 saturated carbocycles. The molecular weight excluding hydrogens is 587 g/mol. The van der Waals surface area contributed by atoms with Gasteiger partial charge in [-0.1, -0.05) is 25.7 Å². The molecule has 0 atom stereocenters. The minimum atomic E-state index is -6.86. The molecule has 0 saturated heterocycles. The summed E-state index contributed by atoms with van der Waals surface area (Å²) in [5.41, 5.74) is 0. The molecule has 0 aromatic rings. The van der Waals surface area contributed by atoms with Gasteiger partial charge in [0.2, 0.25) is 0 Å². The van der Waals surface area contributed by atoms with Crippen LogP contribution >= 0.6 is 0 Å². The second-order valence-electron chi connectivity index (χ2n) is 9.05. The highest BCUT2D eigenvalue weighted by atomic mass is 28.4. The molecule has 0 N–H and O–H groups in total. The van der Waals surface area contributed by atoms with E-state index in [1.54, 1.807) is 35.5 Å². The van der Waals surface area contributed by atoms with Crippen LogP contribution in [0.4, 0.5) is 39.5 Å². The lowest BCUT2D eigenvalue weighted by atomic mass is 10.00. The fraction of sp³-hybridized carbons (Fsp3) is 1.00. The number of halogens is 9. The maximum Gasteiger partial charge on any atom is 0.500 e. The van der Waals surface area contributed by atoms with Crippen molar-refractivity contribution in [1.82, 2.24) is 0 Å². The van der Waals surface area contributed by atoms with Crippen molar-refractivity contribution < 1.29 is 66.4 Å². The number of rotatable bonds is 23. The van der Waals surface area contributed by atoms with Crippen molar-refractivity contribution in [1.29, 1.82) is 0 Å². The van der Waals surface area contributed by atoms with Crippen LogP contribution in [-0.2, 0) is 26.9 Å². The van der Waals surface area contributed by atoms with E-state index in [1.807, 2.05) is 0 Å². The molecule has 0 aliphatic rings. The van der Waals surface area contributed by atoms with Gasteiger partial charge in [-0.05, 0) is 31.4 Å². The van der Waals surface area contributed by atoms with E-state index in [1.165, 1.54) is 0 Å². The van der Waals surface area contributed by atoms with Crippen LogP contribution in [0.3, 0.4) is 0 Å². The van der Waals surface area contributed by atoms with Crippen LogP contribution in [0.2, 0.25) is 18.1 Å². The summed E-state index contributed by atoms with van der Waals surface area (Å²) < 4.78 is 148. The van der Waals surface area contributed by atoms with Crippen molar-refractivity contribution in [2.45, 2.75) is 93.4 Å². The molecule has 0 fully saturated rings. The smallest absolute Gasteiger partial charge is 0.398 e. The quantitative estimate of drug-likeness (QED) is 0.0678. The zero-order valence-corrected chi connectivity index (χ0v) is 25.0. The predicted molar refractivity (Wildman–Crippen MR) is 130 cm³/mol. The second kappa shape index (κ2) is 16.9. The Kier molecular flexibility index (Phi) is 16.7. The zero-order chi connectivity index (χ0) is 30.4. The Bertz CT molecular complexity index is 656. The van der Waals surface area contributed by atoms with E-state index in [2.05, 4.69) is 0 Å². The summed E-state index contributed by atoms with van der Waals surface area (Å²) in [6.45, 7) is -0.381. The zero-order valence-electron chi connectivity index (χ0n) is 23.0. The monoisotopic (exact) mass is 628 g/mol. The van der Waals surface area contributed by atoms with Crippen LogP contribution in [0.5, 0.6) is 0 Å². The highest BCUT2D eigenvalue weighted by molar-refractivity contribution is 6.67. The summed E-state index contributed by atoms with van der Waals surface area (Å²) >= 11 is 0. The Balaban J connectivity index is 4.28. The lowest BCUT2D eigenvalue weighted by Gasteiger charge is -2.33. The number of ether oxygens (including phenoxy) is 1. The van der Waals surface area contributed by atoms with E-state index in [9.17, 15) is 39.5 Å². The van der Waals surface area contributed by atoms with Gasteiger partial charge in [-0.2, -0.15) is 39.5 Å². The van der Waals surface area contributed by atoms with Gasteiger partial charge in [-0.15, -0.1) is 0 Å². The van der Waals surface area contributed by atoms with E-state index in [0.717, 1.165) is 37.8 Å². The third kappa shape index (κ3) is 11.1. The number of hydrogen-bond acceptors (Lipinski definition) is 6. The SMILES string of the molecule is CO[Si](CCCCCCOCCCC(F)(F)C(F)(F)C(F)(F)C(F)(F)F)(CCCC[Si](OC)(OC)OC)OC. The summed E-state index contributed by atoms with van der Waals surface area (Å²) in [5.74, 6) is -19.0. The molecule has 0 aromatic heterocycles. The number of hydrogen-bond donors (Lipinski definition) is 0. The maximum absolute atomic E-state index is 13.5. The minimum Gasteiger partial charge on any atom is -0.398 e. The Morgan fingerprint density at radius 2 is 0.923 bits per heavy atom. The Morgan fingerprint density at radius 3 is 1.38 bits per heavy atom. The third-order valence-corrected chi connectivity index (χ3v) is 13.1. The van der Waals surface area contributed by atoms with Crippen LogP contribution in [0.1, 0.15) is 51.4 Å². The first-order valence-electron chi connectivity index (χ1n) is 12.5. The summed E-state index contributed by atoms with van der Waals surface area (Å²) in [7, 11) is 2.85. The standard InChI is InChI=1S/C22H41F9O6Si2/c1-32-38(33-2,17-10-11-18-39(34-3,35-4)36-5)16-9-7-6-8-14-37-15-12-13-19(23,24)20(25,26)21(27,28)22(29,30)31/h6-18H2,1-5H3. The molecule has 236 valence electrons. The minimum absolute atomic E-state index is 0.0991. The van der Waals surface area contributed by atoms with E-state index >= 15 is 0 Å². The molecular formula is C22H41F9O6Si2. The van der Waals surface area contributed by atoms with Crippen molar-refractivity contribution in [3.8, 4) is 0 Å². The lowest BCUT2D eigenvalue weighted by molar-refractivity contribution is -0.396. The molecule has 0 spiro atoms. The molecule has 0 unspecified atom stereocenters. The van der Waals surface area contributed by atoms with Crippen LogP contribution in [0, 0.1) is 0 Å². The van der Waals surface area contributed by atoms with Crippen LogP contribution in [-0.4, -0.2) is 90.1 Å². The van der Waals surface area contributed by atoms with Gasteiger partial charge in [0.1, 0.15) is 0 Å². The molecule has 0 rings (SSSR count). The van der Waals surface area contributed by atoms with Crippen molar-refractivity contribution in [2.75, 3.05) is 48.8 Å². The van der Waals surface area contributed by atoms with Gasteiger partial charge in [-0.25, -0.2) is 0 Å².